The molecule has 1 aliphatic rings. The Balaban J connectivity index is 2.15. The molecule has 5 heteroatoms. The molecule has 0 aliphatic carbocycles. The number of methoxy groups -OCH3 is 1. The quantitative estimate of drug-likeness (QED) is 0.867. The Hall–Kier alpha value is -1.36. The van der Waals surface area contributed by atoms with Crippen molar-refractivity contribution in [1.29, 1.82) is 0 Å². The minimum Gasteiger partial charge on any atom is -0.377 e. The van der Waals surface area contributed by atoms with Gasteiger partial charge in [0.05, 0.1) is 0 Å². The monoisotopic (exact) mass is 278 g/mol. The van der Waals surface area contributed by atoms with E-state index < -0.39 is 0 Å². The molecule has 0 bridgehead atoms. The number of ether oxygens (including phenoxy) is 1. The Kier molecular flexibility index (Phi) is 5.59. The molecule has 0 aromatic carbocycles. The maximum absolute atomic E-state index is 5.18. The Morgan fingerprint density at radius 3 is 2.75 bits per heavy atom. The highest BCUT2D eigenvalue weighted by Crippen LogP contribution is 2.23. The van der Waals surface area contributed by atoms with Crippen molar-refractivity contribution in [2.24, 2.45) is 5.92 Å². The Labute approximate surface area is 121 Å². The summed E-state index contributed by atoms with van der Waals surface area (Å²) in [6, 6.07) is 2.06. The van der Waals surface area contributed by atoms with Gasteiger partial charge < -0.3 is 15.0 Å². The summed E-state index contributed by atoms with van der Waals surface area (Å²) in [5.41, 5.74) is 0. The third-order valence-electron chi connectivity index (χ3n) is 3.70. The third kappa shape index (κ3) is 4.07. The van der Waals surface area contributed by atoms with Crippen LogP contribution in [0.25, 0.3) is 0 Å². The normalized spacial score (nSPS) is 16.4. The second-order valence-electron chi connectivity index (χ2n) is 5.56. The molecule has 0 unspecified atom stereocenters. The molecule has 112 valence electrons. The molecule has 5 nitrogen and oxygen atoms in total. The summed E-state index contributed by atoms with van der Waals surface area (Å²) in [5, 5.41) is 3.35. The summed E-state index contributed by atoms with van der Waals surface area (Å²) in [6.45, 7) is 8.02. The van der Waals surface area contributed by atoms with Crippen LogP contribution in [0.1, 0.15) is 38.9 Å². The number of nitrogens with zero attached hydrogens (tertiary/aromatic N) is 3. The lowest BCUT2D eigenvalue weighted by Crippen LogP contribution is -2.33. The Bertz CT molecular complexity index is 416. The molecule has 2 heterocycles. The predicted octanol–water partition coefficient (Wildman–Crippen LogP) is 2.68. The molecular weight excluding hydrogens is 252 g/mol. The molecule has 1 fully saturated rings. The first-order chi connectivity index (χ1) is 9.72. The van der Waals surface area contributed by atoms with Crippen molar-refractivity contribution in [3.63, 3.8) is 0 Å². The highest BCUT2D eigenvalue weighted by Gasteiger charge is 2.18. The number of hydrogen-bond donors (Lipinski definition) is 1. The number of aromatic nitrogens is 2. The van der Waals surface area contributed by atoms with Gasteiger partial charge >= 0.3 is 0 Å². The zero-order chi connectivity index (χ0) is 14.4. The molecule has 0 amide bonds. The average Bonchev–Trinajstić information content (AvgIpc) is 2.46. The smallest absolute Gasteiger partial charge is 0.158 e. The van der Waals surface area contributed by atoms with Gasteiger partial charge in [-0.1, -0.05) is 13.8 Å². The van der Waals surface area contributed by atoms with Crippen LogP contribution in [0.5, 0.6) is 0 Å². The van der Waals surface area contributed by atoms with Crippen LogP contribution in [0.3, 0.4) is 0 Å². The van der Waals surface area contributed by atoms with E-state index in [1.54, 1.807) is 7.11 Å². The van der Waals surface area contributed by atoms with E-state index in [-0.39, 0.29) is 0 Å². The van der Waals surface area contributed by atoms with Gasteiger partial charge in [-0.15, -0.1) is 0 Å². The number of nitrogens with one attached hydrogen (secondary N) is 1. The van der Waals surface area contributed by atoms with Crippen LogP contribution in [0.15, 0.2) is 6.07 Å². The largest absolute Gasteiger partial charge is 0.377 e. The highest BCUT2D eigenvalue weighted by atomic mass is 16.5. The van der Waals surface area contributed by atoms with Gasteiger partial charge in [0.2, 0.25) is 0 Å². The van der Waals surface area contributed by atoms with E-state index in [1.165, 1.54) is 12.8 Å². The summed E-state index contributed by atoms with van der Waals surface area (Å²) >= 11 is 0. The minimum absolute atomic E-state index is 0.457. The molecule has 1 aromatic heterocycles. The topological polar surface area (TPSA) is 50.3 Å². The minimum atomic E-state index is 0.457. The zero-order valence-corrected chi connectivity index (χ0v) is 12.9. The van der Waals surface area contributed by atoms with Crippen molar-refractivity contribution in [2.45, 2.75) is 39.7 Å². The van der Waals surface area contributed by atoms with Crippen LogP contribution >= 0.6 is 0 Å². The van der Waals surface area contributed by atoms with E-state index in [0.29, 0.717) is 6.61 Å². The molecule has 0 spiro atoms. The van der Waals surface area contributed by atoms with Gasteiger partial charge in [0.25, 0.3) is 0 Å². The molecular formula is C15H26N4O. The van der Waals surface area contributed by atoms with Crippen molar-refractivity contribution < 1.29 is 4.74 Å². The van der Waals surface area contributed by atoms with Crippen molar-refractivity contribution >= 4 is 11.6 Å². The standard InChI is InChI=1S/C15H26N4O/c1-4-7-16-13-10-15(18-14(17-13)11-20-3)19-8-5-12(2)6-9-19/h10,12H,4-9,11H2,1-3H3,(H,16,17,18). The summed E-state index contributed by atoms with van der Waals surface area (Å²) < 4.78 is 5.18. The van der Waals surface area contributed by atoms with Crippen LogP contribution in [-0.4, -0.2) is 36.7 Å². The van der Waals surface area contributed by atoms with E-state index >= 15 is 0 Å². The van der Waals surface area contributed by atoms with Gasteiger partial charge in [0.1, 0.15) is 18.2 Å². The number of rotatable bonds is 6. The molecule has 0 saturated carbocycles. The van der Waals surface area contributed by atoms with Crippen molar-refractivity contribution in [2.75, 3.05) is 37.0 Å². The maximum atomic E-state index is 5.18. The summed E-state index contributed by atoms with van der Waals surface area (Å²) in [7, 11) is 1.68. The van der Waals surface area contributed by atoms with Crippen LogP contribution in [0, 0.1) is 5.92 Å². The van der Waals surface area contributed by atoms with E-state index in [1.807, 2.05) is 0 Å². The van der Waals surface area contributed by atoms with E-state index in [4.69, 9.17) is 4.74 Å². The number of anilines is 2. The Morgan fingerprint density at radius 1 is 1.35 bits per heavy atom. The molecule has 0 radical (unpaired) electrons. The molecule has 0 atom stereocenters. The van der Waals surface area contributed by atoms with Gasteiger partial charge in [0, 0.05) is 32.8 Å². The third-order valence-corrected chi connectivity index (χ3v) is 3.70. The van der Waals surface area contributed by atoms with Crippen LogP contribution in [-0.2, 0) is 11.3 Å². The van der Waals surface area contributed by atoms with Crippen LogP contribution in [0.4, 0.5) is 11.6 Å². The fourth-order valence-electron chi connectivity index (χ4n) is 2.42. The first-order valence-corrected chi connectivity index (χ1v) is 7.58. The predicted molar refractivity (Wildman–Crippen MR) is 82.1 cm³/mol. The first kappa shape index (κ1) is 15.0. The lowest BCUT2D eigenvalue weighted by atomic mass is 9.99. The first-order valence-electron chi connectivity index (χ1n) is 7.58. The summed E-state index contributed by atoms with van der Waals surface area (Å²) in [5.74, 6) is 3.51. The summed E-state index contributed by atoms with van der Waals surface area (Å²) in [4.78, 5) is 11.5. The highest BCUT2D eigenvalue weighted by molar-refractivity contribution is 5.49. The zero-order valence-electron chi connectivity index (χ0n) is 12.9. The van der Waals surface area contributed by atoms with Crippen LogP contribution in [0.2, 0.25) is 0 Å². The Morgan fingerprint density at radius 2 is 2.10 bits per heavy atom. The molecule has 20 heavy (non-hydrogen) atoms. The van der Waals surface area contributed by atoms with E-state index in [0.717, 1.165) is 49.4 Å². The molecule has 1 aliphatic heterocycles. The van der Waals surface area contributed by atoms with Crippen LogP contribution < -0.4 is 10.2 Å². The van der Waals surface area contributed by atoms with Gasteiger partial charge in [-0.25, -0.2) is 9.97 Å². The summed E-state index contributed by atoms with van der Waals surface area (Å²) in [6.07, 6.45) is 3.56. The molecule has 2 rings (SSSR count). The van der Waals surface area contributed by atoms with Crippen molar-refractivity contribution in [1.82, 2.24) is 9.97 Å². The second kappa shape index (κ2) is 7.43. The fourth-order valence-corrected chi connectivity index (χ4v) is 2.42. The van der Waals surface area contributed by atoms with Gasteiger partial charge in [-0.05, 0) is 25.2 Å². The lowest BCUT2D eigenvalue weighted by Gasteiger charge is -2.31. The lowest BCUT2D eigenvalue weighted by molar-refractivity contribution is 0.178. The van der Waals surface area contributed by atoms with Gasteiger partial charge in [0.15, 0.2) is 5.82 Å². The number of hydrogen-bond acceptors (Lipinski definition) is 5. The van der Waals surface area contributed by atoms with Crippen molar-refractivity contribution in [3.05, 3.63) is 11.9 Å². The maximum Gasteiger partial charge on any atom is 0.158 e. The van der Waals surface area contributed by atoms with Gasteiger partial charge in [-0.3, -0.25) is 0 Å². The van der Waals surface area contributed by atoms with Crippen molar-refractivity contribution in [3.8, 4) is 0 Å². The average molecular weight is 278 g/mol. The molecule has 1 N–H and O–H groups in total. The van der Waals surface area contributed by atoms with Gasteiger partial charge in [-0.2, -0.15) is 0 Å². The van der Waals surface area contributed by atoms with E-state index in [2.05, 4.69) is 40.1 Å². The SMILES string of the molecule is CCCNc1cc(N2CCC(C)CC2)nc(COC)n1. The fraction of sp³-hybridized carbons (Fsp3) is 0.733. The second-order valence-corrected chi connectivity index (χ2v) is 5.56. The number of piperidine rings is 1. The molecule has 1 aromatic rings. The van der Waals surface area contributed by atoms with E-state index in [9.17, 15) is 0 Å². The molecule has 1 saturated heterocycles.